The summed E-state index contributed by atoms with van der Waals surface area (Å²) in [5, 5.41) is 15.4. The molecule has 5 aromatic carbocycles. The number of benzene rings is 5. The SMILES string of the molecule is O=C(Nc1ccc(Oc2ccccc2)cc1)Nc1cccc(C2OC(CN3CCC(n4c(=O)[nH]c5ccccc54)CC3)CC(c3ccc(CO)cc3)O2)c1. The number of rotatable bonds is 10. The first-order valence-corrected chi connectivity index (χ1v) is 18.4. The zero-order valence-electron chi connectivity index (χ0n) is 29.8. The van der Waals surface area contributed by atoms with E-state index in [0.717, 1.165) is 65.9 Å². The Morgan fingerprint density at radius 3 is 2.28 bits per heavy atom. The number of aliphatic hydroxyl groups is 1. The number of nitrogens with zero attached hydrogens (tertiary/aromatic N) is 2. The molecule has 276 valence electrons. The minimum atomic E-state index is -0.671. The van der Waals surface area contributed by atoms with Gasteiger partial charge in [-0.05, 0) is 84.6 Å². The maximum Gasteiger partial charge on any atom is 0.326 e. The Bertz CT molecular complexity index is 2230. The highest BCUT2D eigenvalue weighted by Crippen LogP contribution is 2.39. The fourth-order valence-corrected chi connectivity index (χ4v) is 7.41. The highest BCUT2D eigenvalue weighted by Gasteiger charge is 2.34. The van der Waals surface area contributed by atoms with Crippen LogP contribution >= 0.6 is 0 Å². The summed E-state index contributed by atoms with van der Waals surface area (Å²) in [6.07, 6.45) is 1.34. The quantitative estimate of drug-likeness (QED) is 0.112. The van der Waals surface area contributed by atoms with Crippen molar-refractivity contribution in [3.63, 3.8) is 0 Å². The summed E-state index contributed by atoms with van der Waals surface area (Å²) in [6.45, 7) is 2.38. The van der Waals surface area contributed by atoms with Crippen molar-refractivity contribution >= 4 is 28.4 Å². The molecule has 0 saturated carbocycles. The smallest absolute Gasteiger partial charge is 0.326 e. The Balaban J connectivity index is 0.928. The van der Waals surface area contributed by atoms with Gasteiger partial charge in [0.05, 0.1) is 29.8 Å². The fourth-order valence-electron chi connectivity index (χ4n) is 7.41. The third-order valence-corrected chi connectivity index (χ3v) is 10.1. The molecule has 2 fully saturated rings. The van der Waals surface area contributed by atoms with E-state index in [2.05, 4.69) is 20.5 Å². The third kappa shape index (κ3) is 8.24. The van der Waals surface area contributed by atoms with E-state index in [-0.39, 0.29) is 36.6 Å². The van der Waals surface area contributed by atoms with Crippen LogP contribution in [0, 0.1) is 0 Å². The second kappa shape index (κ2) is 16.1. The van der Waals surface area contributed by atoms with Crippen LogP contribution in [-0.4, -0.2) is 51.3 Å². The number of fused-ring (bicyclic) bond motifs is 1. The van der Waals surface area contributed by atoms with Crippen molar-refractivity contribution in [2.75, 3.05) is 30.3 Å². The van der Waals surface area contributed by atoms with Crippen LogP contribution < -0.4 is 21.1 Å². The van der Waals surface area contributed by atoms with Gasteiger partial charge in [-0.1, -0.05) is 66.7 Å². The summed E-state index contributed by atoms with van der Waals surface area (Å²) in [4.78, 5) is 31.3. The molecule has 2 aliphatic rings. The number of carbonyl (C=O) groups excluding carboxylic acids is 1. The van der Waals surface area contributed by atoms with Crippen molar-refractivity contribution in [1.82, 2.24) is 14.5 Å². The van der Waals surface area contributed by atoms with Gasteiger partial charge >= 0.3 is 11.7 Å². The normalized spacial score (nSPS) is 19.4. The number of H-pyrrole nitrogens is 1. The Morgan fingerprint density at radius 1 is 0.778 bits per heavy atom. The molecule has 4 N–H and O–H groups in total. The third-order valence-electron chi connectivity index (χ3n) is 10.1. The molecule has 2 aliphatic heterocycles. The molecule has 0 bridgehead atoms. The van der Waals surface area contributed by atoms with Gasteiger partial charge in [0.1, 0.15) is 11.5 Å². The summed E-state index contributed by atoms with van der Waals surface area (Å²) in [5.41, 5.74) is 5.61. The van der Waals surface area contributed by atoms with Crippen LogP contribution in [0.4, 0.5) is 16.2 Å². The van der Waals surface area contributed by atoms with Crippen LogP contribution in [0.3, 0.4) is 0 Å². The summed E-state index contributed by atoms with van der Waals surface area (Å²) < 4.78 is 21.0. The van der Waals surface area contributed by atoms with E-state index in [4.69, 9.17) is 14.2 Å². The second-order valence-electron chi connectivity index (χ2n) is 13.8. The van der Waals surface area contributed by atoms with Crippen LogP contribution in [0.15, 0.2) is 132 Å². The number of amides is 2. The fraction of sp³-hybridized carbons (Fsp3) is 0.256. The van der Waals surface area contributed by atoms with Crippen LogP contribution in [0.5, 0.6) is 11.5 Å². The van der Waals surface area contributed by atoms with Crippen molar-refractivity contribution in [1.29, 1.82) is 0 Å². The maximum atomic E-state index is 13.0. The number of carbonyl (C=O) groups is 1. The number of imidazole rings is 1. The van der Waals surface area contributed by atoms with Gasteiger partial charge in [-0.3, -0.25) is 4.57 Å². The highest BCUT2D eigenvalue weighted by molar-refractivity contribution is 5.99. The molecule has 6 aromatic rings. The first-order chi connectivity index (χ1) is 26.5. The van der Waals surface area contributed by atoms with Crippen LogP contribution in [0.1, 0.15) is 54.4 Å². The number of aliphatic hydroxyl groups excluding tert-OH is 1. The molecule has 11 heteroatoms. The highest BCUT2D eigenvalue weighted by atomic mass is 16.7. The molecule has 8 rings (SSSR count). The predicted octanol–water partition coefficient (Wildman–Crippen LogP) is 8.14. The Morgan fingerprint density at radius 2 is 1.50 bits per heavy atom. The number of hydrogen-bond acceptors (Lipinski definition) is 7. The second-order valence-corrected chi connectivity index (χ2v) is 13.8. The molecule has 1 aromatic heterocycles. The number of nitrogens with one attached hydrogen (secondary N) is 3. The summed E-state index contributed by atoms with van der Waals surface area (Å²) in [5.74, 6) is 1.40. The van der Waals surface area contributed by atoms with E-state index in [0.29, 0.717) is 23.5 Å². The number of aromatic nitrogens is 2. The average Bonchev–Trinajstić information content (AvgIpc) is 3.55. The van der Waals surface area contributed by atoms with Crippen molar-refractivity contribution in [2.45, 2.75) is 50.4 Å². The molecular formula is C43H43N5O6. The number of urea groups is 1. The minimum Gasteiger partial charge on any atom is -0.457 e. The zero-order chi connectivity index (χ0) is 36.9. The molecular weight excluding hydrogens is 683 g/mol. The van der Waals surface area contributed by atoms with E-state index in [1.54, 1.807) is 24.3 Å². The number of para-hydroxylation sites is 3. The van der Waals surface area contributed by atoms with Gasteiger partial charge in [0.25, 0.3) is 0 Å². The molecule has 54 heavy (non-hydrogen) atoms. The van der Waals surface area contributed by atoms with Crippen LogP contribution in [-0.2, 0) is 16.1 Å². The molecule has 0 radical (unpaired) electrons. The lowest BCUT2D eigenvalue weighted by Crippen LogP contribution is -2.43. The number of piperidine rings is 1. The first-order valence-electron chi connectivity index (χ1n) is 18.4. The summed E-state index contributed by atoms with van der Waals surface area (Å²) in [6, 6.07) is 39.7. The topological polar surface area (TPSA) is 130 Å². The minimum absolute atomic E-state index is 0.0256. The Labute approximate surface area is 313 Å². The van der Waals surface area contributed by atoms with E-state index < -0.39 is 6.29 Å². The van der Waals surface area contributed by atoms with Crippen molar-refractivity contribution in [3.8, 4) is 11.5 Å². The first kappa shape index (κ1) is 35.3. The van der Waals surface area contributed by atoms with Gasteiger partial charge in [0.15, 0.2) is 6.29 Å². The van der Waals surface area contributed by atoms with Gasteiger partial charge in [-0.2, -0.15) is 0 Å². The van der Waals surface area contributed by atoms with Crippen molar-refractivity contribution in [2.24, 2.45) is 0 Å². The molecule has 2 saturated heterocycles. The van der Waals surface area contributed by atoms with Gasteiger partial charge in [-0.15, -0.1) is 0 Å². The number of anilines is 2. The Hall–Kier alpha value is -5.72. The molecule has 0 aliphatic carbocycles. The molecule has 3 unspecified atom stereocenters. The standard InChI is InChI=1S/C43H43N5O6/c49-28-29-13-15-30(16-14-29)40-26-37(27-47-23-21-34(22-24-47)48-39-12-5-4-11-38(39)46-43(48)51)53-41(54-40)31-7-6-8-33(25-31)45-42(50)44-32-17-19-36(20-18-32)52-35-9-2-1-3-10-35/h1-20,25,34,37,40-41,49H,21-24,26-28H2,(H,46,51)(H2,44,45,50). The van der Waals surface area contributed by atoms with E-state index in [1.807, 2.05) is 108 Å². The summed E-state index contributed by atoms with van der Waals surface area (Å²) in [7, 11) is 0. The van der Waals surface area contributed by atoms with Crippen molar-refractivity contribution < 1.29 is 24.1 Å². The lowest BCUT2D eigenvalue weighted by molar-refractivity contribution is -0.253. The van der Waals surface area contributed by atoms with Crippen LogP contribution in [0.25, 0.3) is 11.0 Å². The van der Waals surface area contributed by atoms with Crippen LogP contribution in [0.2, 0.25) is 0 Å². The lowest BCUT2D eigenvalue weighted by Gasteiger charge is -2.40. The monoisotopic (exact) mass is 725 g/mol. The van der Waals surface area contributed by atoms with Gasteiger partial charge in [0, 0.05) is 49.0 Å². The van der Waals surface area contributed by atoms with E-state index >= 15 is 0 Å². The number of aromatic amines is 1. The zero-order valence-corrected chi connectivity index (χ0v) is 29.8. The molecule has 3 atom stereocenters. The molecule has 2 amide bonds. The number of ether oxygens (including phenoxy) is 3. The van der Waals surface area contributed by atoms with E-state index in [9.17, 15) is 14.7 Å². The lowest BCUT2D eigenvalue weighted by atomic mass is 9.98. The Kier molecular flexibility index (Phi) is 10.5. The molecule has 3 heterocycles. The molecule has 11 nitrogen and oxygen atoms in total. The number of hydrogen-bond donors (Lipinski definition) is 4. The van der Waals surface area contributed by atoms with Gasteiger partial charge in [0.2, 0.25) is 0 Å². The van der Waals surface area contributed by atoms with Gasteiger partial charge < -0.3 is 39.8 Å². The maximum absolute atomic E-state index is 13.0. The summed E-state index contributed by atoms with van der Waals surface area (Å²) >= 11 is 0. The molecule has 0 spiro atoms. The van der Waals surface area contributed by atoms with Gasteiger partial charge in [-0.25, -0.2) is 9.59 Å². The number of likely N-dealkylation sites (tertiary alicyclic amines) is 1. The average molecular weight is 726 g/mol. The van der Waals surface area contributed by atoms with Crippen molar-refractivity contribution in [3.05, 3.63) is 155 Å². The predicted molar refractivity (Wildman–Crippen MR) is 208 cm³/mol. The van der Waals surface area contributed by atoms with E-state index in [1.165, 1.54) is 0 Å². The largest absolute Gasteiger partial charge is 0.457 e.